The van der Waals surface area contributed by atoms with Crippen LogP contribution in [-0.4, -0.2) is 28.7 Å². The fourth-order valence-corrected chi connectivity index (χ4v) is 2.12. The number of benzene rings is 1. The molecular weight excluding hydrogens is 348 g/mol. The first-order valence-electron chi connectivity index (χ1n) is 7.24. The van der Waals surface area contributed by atoms with Crippen LogP contribution in [-0.2, 0) is 11.3 Å². The number of amides is 2. The molecule has 0 saturated heterocycles. The van der Waals surface area contributed by atoms with Crippen LogP contribution in [0.5, 0.6) is 11.5 Å². The van der Waals surface area contributed by atoms with Crippen molar-refractivity contribution in [1.82, 2.24) is 15.8 Å². The summed E-state index contributed by atoms with van der Waals surface area (Å²) in [5, 5.41) is 11.1. The van der Waals surface area contributed by atoms with E-state index in [0.717, 1.165) is 0 Å². The highest BCUT2D eigenvalue weighted by molar-refractivity contribution is 5.94. The molecule has 11 heteroatoms. The van der Waals surface area contributed by atoms with Crippen LogP contribution in [0.2, 0.25) is 0 Å². The number of carbonyl (C=O) groups excluding carboxylic acids is 2. The van der Waals surface area contributed by atoms with Gasteiger partial charge in [0, 0.05) is 18.0 Å². The zero-order chi connectivity index (χ0) is 18.5. The number of aromatic nitrogens is 1. The monoisotopic (exact) mass is 360 g/mol. The first kappa shape index (κ1) is 17.0. The highest BCUT2D eigenvalue weighted by Gasteiger charge is 2.24. The second-order valence-electron chi connectivity index (χ2n) is 4.98. The highest BCUT2D eigenvalue weighted by atomic mass is 16.7. The molecule has 0 fully saturated rings. The maximum atomic E-state index is 11.8. The number of hydrazine groups is 1. The first-order valence-corrected chi connectivity index (χ1v) is 7.24. The summed E-state index contributed by atoms with van der Waals surface area (Å²) < 4.78 is 15.1. The van der Waals surface area contributed by atoms with Gasteiger partial charge in [-0.05, 0) is 18.2 Å². The van der Waals surface area contributed by atoms with Gasteiger partial charge in [-0.25, -0.2) is 10.2 Å². The number of nitrogens with one attached hydrogen (secondary N) is 2. The SMILES string of the molecule is O=C(NNC(=O)c1ccncc1)OCc1cc2c(cc1[N+](=O)[O-])OCO2. The van der Waals surface area contributed by atoms with Crippen molar-refractivity contribution in [3.63, 3.8) is 0 Å². The third-order valence-corrected chi connectivity index (χ3v) is 3.35. The Morgan fingerprint density at radius 1 is 1.19 bits per heavy atom. The zero-order valence-electron chi connectivity index (χ0n) is 13.1. The standard InChI is InChI=1S/C15H12N4O7/c20-14(9-1-3-16-4-2-9)17-18-15(21)24-7-10-5-12-13(26-8-25-12)6-11(10)19(22)23/h1-6H,7-8H2,(H,17,20)(H,18,21). The second-order valence-corrected chi connectivity index (χ2v) is 4.98. The number of nitro benzene ring substituents is 1. The predicted octanol–water partition coefficient (Wildman–Crippen LogP) is 1.29. The molecule has 2 amide bonds. The van der Waals surface area contributed by atoms with Crippen LogP contribution in [0.25, 0.3) is 0 Å². The number of ether oxygens (including phenoxy) is 3. The van der Waals surface area contributed by atoms with Crippen molar-refractivity contribution in [2.45, 2.75) is 6.61 Å². The van der Waals surface area contributed by atoms with Gasteiger partial charge in [-0.1, -0.05) is 0 Å². The van der Waals surface area contributed by atoms with E-state index in [2.05, 4.69) is 10.4 Å². The molecule has 1 aliphatic rings. The van der Waals surface area contributed by atoms with Crippen LogP contribution in [0.1, 0.15) is 15.9 Å². The average molecular weight is 360 g/mol. The molecule has 0 unspecified atom stereocenters. The quantitative estimate of drug-likeness (QED) is 0.613. The number of hydrogen-bond acceptors (Lipinski definition) is 8. The molecule has 2 heterocycles. The number of carbonyl (C=O) groups is 2. The Labute approximate surface area is 146 Å². The molecule has 0 aliphatic carbocycles. The summed E-state index contributed by atoms with van der Waals surface area (Å²) in [4.78, 5) is 37.7. The van der Waals surface area contributed by atoms with Gasteiger partial charge in [-0.3, -0.25) is 25.3 Å². The van der Waals surface area contributed by atoms with Gasteiger partial charge in [0.2, 0.25) is 6.79 Å². The van der Waals surface area contributed by atoms with Crippen LogP contribution in [0, 0.1) is 10.1 Å². The number of rotatable bonds is 4. The predicted molar refractivity (Wildman–Crippen MR) is 84.2 cm³/mol. The molecule has 0 spiro atoms. The Hall–Kier alpha value is -3.89. The Morgan fingerprint density at radius 2 is 1.88 bits per heavy atom. The van der Waals surface area contributed by atoms with Crippen LogP contribution in [0.4, 0.5) is 10.5 Å². The average Bonchev–Trinajstić information content (AvgIpc) is 3.11. The van der Waals surface area contributed by atoms with E-state index >= 15 is 0 Å². The summed E-state index contributed by atoms with van der Waals surface area (Å²) in [5.41, 5.74) is 4.32. The van der Waals surface area contributed by atoms with Crippen molar-refractivity contribution >= 4 is 17.7 Å². The number of pyridine rings is 1. The lowest BCUT2D eigenvalue weighted by molar-refractivity contribution is -0.385. The third kappa shape index (κ3) is 3.77. The lowest BCUT2D eigenvalue weighted by Gasteiger charge is -2.09. The van der Waals surface area contributed by atoms with Gasteiger partial charge in [0.1, 0.15) is 6.61 Å². The molecule has 11 nitrogen and oxygen atoms in total. The third-order valence-electron chi connectivity index (χ3n) is 3.35. The fourth-order valence-electron chi connectivity index (χ4n) is 2.12. The van der Waals surface area contributed by atoms with E-state index in [1.807, 2.05) is 5.43 Å². The summed E-state index contributed by atoms with van der Waals surface area (Å²) in [7, 11) is 0. The summed E-state index contributed by atoms with van der Waals surface area (Å²) in [6.45, 7) is -0.442. The molecule has 26 heavy (non-hydrogen) atoms. The van der Waals surface area contributed by atoms with Crippen molar-refractivity contribution in [1.29, 1.82) is 0 Å². The van der Waals surface area contributed by atoms with Crippen molar-refractivity contribution in [2.75, 3.05) is 6.79 Å². The van der Waals surface area contributed by atoms with Crippen molar-refractivity contribution in [3.05, 3.63) is 57.9 Å². The zero-order valence-corrected chi connectivity index (χ0v) is 13.1. The number of nitrogens with zero attached hydrogens (tertiary/aromatic N) is 2. The van der Waals surface area contributed by atoms with Crippen LogP contribution in [0.15, 0.2) is 36.7 Å². The molecule has 1 aliphatic heterocycles. The molecule has 2 N–H and O–H groups in total. The molecule has 2 aromatic rings. The van der Waals surface area contributed by atoms with Gasteiger partial charge < -0.3 is 14.2 Å². The van der Waals surface area contributed by atoms with Crippen molar-refractivity contribution < 1.29 is 28.7 Å². The summed E-state index contributed by atoms with van der Waals surface area (Å²) in [6.07, 6.45) is 1.86. The highest BCUT2D eigenvalue weighted by Crippen LogP contribution is 2.38. The molecule has 134 valence electrons. The van der Waals surface area contributed by atoms with Crippen LogP contribution >= 0.6 is 0 Å². The van der Waals surface area contributed by atoms with E-state index in [9.17, 15) is 19.7 Å². The Bertz CT molecular complexity index is 857. The molecule has 0 bridgehead atoms. The molecule has 1 aromatic carbocycles. The minimum absolute atomic E-state index is 0.0433. The summed E-state index contributed by atoms with van der Waals surface area (Å²) >= 11 is 0. The number of hydrogen-bond donors (Lipinski definition) is 2. The van der Waals surface area contributed by atoms with E-state index in [1.165, 1.54) is 36.7 Å². The molecule has 3 rings (SSSR count). The normalized spacial score (nSPS) is 11.5. The van der Waals surface area contributed by atoms with Gasteiger partial charge in [0.25, 0.3) is 11.6 Å². The summed E-state index contributed by atoms with van der Waals surface area (Å²) in [5.74, 6) is -0.00600. The van der Waals surface area contributed by atoms with Gasteiger partial charge in [0.05, 0.1) is 16.6 Å². The van der Waals surface area contributed by atoms with Crippen LogP contribution in [0.3, 0.4) is 0 Å². The van der Waals surface area contributed by atoms with E-state index in [4.69, 9.17) is 14.2 Å². The van der Waals surface area contributed by atoms with E-state index < -0.39 is 23.5 Å². The smallest absolute Gasteiger partial charge is 0.426 e. The lowest BCUT2D eigenvalue weighted by Crippen LogP contribution is -2.41. The Morgan fingerprint density at radius 3 is 2.58 bits per heavy atom. The Kier molecular flexibility index (Phi) is 4.78. The molecule has 0 saturated carbocycles. The largest absolute Gasteiger partial charge is 0.454 e. The molecule has 0 atom stereocenters. The molecular formula is C15H12N4O7. The van der Waals surface area contributed by atoms with Gasteiger partial charge in [-0.15, -0.1) is 0 Å². The minimum Gasteiger partial charge on any atom is -0.454 e. The van der Waals surface area contributed by atoms with E-state index in [0.29, 0.717) is 5.75 Å². The van der Waals surface area contributed by atoms with Crippen molar-refractivity contribution in [2.24, 2.45) is 0 Å². The molecule has 0 radical (unpaired) electrons. The maximum Gasteiger partial charge on any atom is 0.426 e. The minimum atomic E-state index is -0.987. The lowest BCUT2D eigenvalue weighted by atomic mass is 10.1. The van der Waals surface area contributed by atoms with Crippen LogP contribution < -0.4 is 20.3 Å². The maximum absolute atomic E-state index is 11.8. The van der Waals surface area contributed by atoms with Gasteiger partial charge in [-0.2, -0.15) is 0 Å². The fraction of sp³-hybridized carbons (Fsp3) is 0.133. The number of nitro groups is 1. The Balaban J connectivity index is 1.58. The second kappa shape index (κ2) is 7.34. The number of fused-ring (bicyclic) bond motifs is 1. The van der Waals surface area contributed by atoms with E-state index in [1.54, 1.807) is 0 Å². The van der Waals surface area contributed by atoms with Gasteiger partial charge in [0.15, 0.2) is 11.5 Å². The molecule has 1 aromatic heterocycles. The van der Waals surface area contributed by atoms with E-state index in [-0.39, 0.29) is 29.4 Å². The van der Waals surface area contributed by atoms with Crippen molar-refractivity contribution in [3.8, 4) is 11.5 Å². The first-order chi connectivity index (χ1) is 12.5. The summed E-state index contributed by atoms with van der Waals surface area (Å²) in [6, 6.07) is 5.48. The van der Waals surface area contributed by atoms with Gasteiger partial charge >= 0.3 is 6.09 Å². The topological polar surface area (TPSA) is 142 Å².